The number of carbonyl (C=O) groups is 1. The van der Waals surface area contributed by atoms with Crippen molar-refractivity contribution in [1.82, 2.24) is 5.32 Å². The number of hydrogen-bond acceptors (Lipinski definition) is 3. The average molecular weight is 271 g/mol. The third kappa shape index (κ3) is 4.20. The quantitative estimate of drug-likeness (QED) is 0.717. The molecule has 0 saturated heterocycles. The Morgan fingerprint density at radius 1 is 1.50 bits per heavy atom. The van der Waals surface area contributed by atoms with Crippen molar-refractivity contribution in [1.29, 1.82) is 0 Å². The van der Waals surface area contributed by atoms with Crippen LogP contribution >= 0.6 is 11.6 Å². The zero-order valence-electron chi connectivity index (χ0n) is 10.6. The first kappa shape index (κ1) is 14.8. The van der Waals surface area contributed by atoms with Crippen LogP contribution in [-0.4, -0.2) is 23.7 Å². The number of nitrogen functional groups attached to an aromatic ring is 1. The molecule has 1 aromatic carbocycles. The van der Waals surface area contributed by atoms with Crippen molar-refractivity contribution < 1.29 is 9.90 Å². The molecular formula is C13H19ClN2O2. The van der Waals surface area contributed by atoms with Gasteiger partial charge in [0.1, 0.15) is 0 Å². The number of anilines is 1. The lowest BCUT2D eigenvalue weighted by Gasteiger charge is -2.14. The molecule has 5 heteroatoms. The first-order chi connectivity index (χ1) is 8.41. The molecule has 0 bridgehead atoms. The molecule has 0 aliphatic heterocycles. The normalized spacial score (nSPS) is 12.5. The maximum Gasteiger partial charge on any atom is 0.253 e. The van der Waals surface area contributed by atoms with Crippen LogP contribution in [0.5, 0.6) is 0 Å². The Bertz CT molecular complexity index is 421. The van der Waals surface area contributed by atoms with Crippen molar-refractivity contribution in [2.45, 2.75) is 26.4 Å². The molecule has 1 aromatic rings. The minimum Gasteiger partial charge on any atom is -0.397 e. The predicted octanol–water partition coefficient (Wildman–Crippen LogP) is 2.06. The van der Waals surface area contributed by atoms with Crippen molar-refractivity contribution in [2.75, 3.05) is 12.3 Å². The summed E-state index contributed by atoms with van der Waals surface area (Å²) in [5.74, 6) is 0.0611. The fourth-order valence-corrected chi connectivity index (χ4v) is 1.84. The van der Waals surface area contributed by atoms with E-state index in [2.05, 4.69) is 5.32 Å². The summed E-state index contributed by atoms with van der Waals surface area (Å²) in [6.07, 6.45) is 0.0973. The maximum atomic E-state index is 11.8. The van der Waals surface area contributed by atoms with Gasteiger partial charge in [-0.15, -0.1) is 0 Å². The second-order valence-corrected chi connectivity index (χ2v) is 5.10. The minimum atomic E-state index is -0.547. The van der Waals surface area contributed by atoms with E-state index in [1.165, 1.54) is 0 Å². The highest BCUT2D eigenvalue weighted by molar-refractivity contribution is 6.33. The molecule has 0 heterocycles. The number of carbonyl (C=O) groups excluding carboxylic acids is 1. The van der Waals surface area contributed by atoms with E-state index >= 15 is 0 Å². The highest BCUT2D eigenvalue weighted by atomic mass is 35.5. The van der Waals surface area contributed by atoms with Crippen LogP contribution < -0.4 is 11.1 Å². The molecule has 0 aliphatic carbocycles. The molecule has 0 radical (unpaired) electrons. The van der Waals surface area contributed by atoms with Crippen molar-refractivity contribution in [3.05, 3.63) is 28.8 Å². The SMILES string of the molecule is CC(C)CC(O)CNC(=O)c1cccc(Cl)c1N. The van der Waals surface area contributed by atoms with Crippen LogP contribution in [0.15, 0.2) is 18.2 Å². The molecule has 100 valence electrons. The lowest BCUT2D eigenvalue weighted by atomic mass is 10.1. The Morgan fingerprint density at radius 2 is 2.17 bits per heavy atom. The predicted molar refractivity (Wildman–Crippen MR) is 73.7 cm³/mol. The topological polar surface area (TPSA) is 75.3 Å². The van der Waals surface area contributed by atoms with E-state index in [9.17, 15) is 9.90 Å². The van der Waals surface area contributed by atoms with E-state index < -0.39 is 6.10 Å². The van der Waals surface area contributed by atoms with Crippen LogP contribution in [0.25, 0.3) is 0 Å². The third-order valence-corrected chi connectivity index (χ3v) is 2.87. The Balaban J connectivity index is 2.58. The largest absolute Gasteiger partial charge is 0.397 e. The fraction of sp³-hybridized carbons (Fsp3) is 0.462. The molecule has 1 amide bonds. The molecule has 1 atom stereocenters. The lowest BCUT2D eigenvalue weighted by Crippen LogP contribution is -2.33. The van der Waals surface area contributed by atoms with Crippen molar-refractivity contribution >= 4 is 23.2 Å². The van der Waals surface area contributed by atoms with Crippen LogP contribution in [0, 0.1) is 5.92 Å². The summed E-state index contributed by atoms with van der Waals surface area (Å²) in [5.41, 5.74) is 6.31. The molecule has 1 rings (SSSR count). The monoisotopic (exact) mass is 270 g/mol. The van der Waals surface area contributed by atoms with Gasteiger partial charge in [-0.25, -0.2) is 0 Å². The van der Waals surface area contributed by atoms with Gasteiger partial charge in [-0.05, 0) is 24.5 Å². The van der Waals surface area contributed by atoms with Gasteiger partial charge in [0.25, 0.3) is 5.91 Å². The molecule has 4 N–H and O–H groups in total. The van der Waals surface area contributed by atoms with Crippen LogP contribution in [0.3, 0.4) is 0 Å². The molecule has 0 fully saturated rings. The van der Waals surface area contributed by atoms with Gasteiger partial charge in [-0.2, -0.15) is 0 Å². The molecule has 0 aromatic heterocycles. The van der Waals surface area contributed by atoms with Gasteiger partial charge in [-0.1, -0.05) is 31.5 Å². The maximum absolute atomic E-state index is 11.8. The molecule has 4 nitrogen and oxygen atoms in total. The first-order valence-corrected chi connectivity index (χ1v) is 6.29. The number of nitrogens with two attached hydrogens (primary N) is 1. The van der Waals surface area contributed by atoms with E-state index in [0.717, 1.165) is 0 Å². The number of aliphatic hydroxyl groups excluding tert-OH is 1. The second-order valence-electron chi connectivity index (χ2n) is 4.69. The molecular weight excluding hydrogens is 252 g/mol. The number of aliphatic hydroxyl groups is 1. The van der Waals surface area contributed by atoms with Gasteiger partial charge in [0.2, 0.25) is 0 Å². The highest BCUT2D eigenvalue weighted by Gasteiger charge is 2.13. The van der Waals surface area contributed by atoms with Crippen LogP contribution in [0.1, 0.15) is 30.6 Å². The number of benzene rings is 1. The molecule has 0 spiro atoms. The van der Waals surface area contributed by atoms with Crippen molar-refractivity contribution in [2.24, 2.45) is 5.92 Å². The molecule has 1 unspecified atom stereocenters. The summed E-state index contributed by atoms with van der Waals surface area (Å²) in [5, 5.41) is 12.7. The summed E-state index contributed by atoms with van der Waals surface area (Å²) in [6, 6.07) is 4.89. The summed E-state index contributed by atoms with van der Waals surface area (Å²) >= 11 is 5.84. The molecule has 18 heavy (non-hydrogen) atoms. The third-order valence-electron chi connectivity index (χ3n) is 2.54. The van der Waals surface area contributed by atoms with E-state index in [1.807, 2.05) is 13.8 Å². The van der Waals surface area contributed by atoms with Crippen LogP contribution in [-0.2, 0) is 0 Å². The van der Waals surface area contributed by atoms with Crippen LogP contribution in [0.2, 0.25) is 5.02 Å². The van der Waals surface area contributed by atoms with Crippen molar-refractivity contribution in [3.8, 4) is 0 Å². The number of halogens is 1. The highest BCUT2D eigenvalue weighted by Crippen LogP contribution is 2.22. The Labute approximate surface area is 112 Å². The van der Waals surface area contributed by atoms with Gasteiger partial charge in [-0.3, -0.25) is 4.79 Å². The first-order valence-electron chi connectivity index (χ1n) is 5.92. The van der Waals surface area contributed by atoms with Gasteiger partial charge >= 0.3 is 0 Å². The van der Waals surface area contributed by atoms with Crippen LogP contribution in [0.4, 0.5) is 5.69 Å². The zero-order valence-corrected chi connectivity index (χ0v) is 11.4. The number of nitrogens with one attached hydrogen (secondary N) is 1. The van der Waals surface area contributed by atoms with E-state index in [4.69, 9.17) is 17.3 Å². The van der Waals surface area contributed by atoms with E-state index in [1.54, 1.807) is 18.2 Å². The van der Waals surface area contributed by atoms with Gasteiger partial charge in [0, 0.05) is 6.54 Å². The average Bonchev–Trinajstić information content (AvgIpc) is 2.29. The minimum absolute atomic E-state index is 0.211. The molecule has 0 aliphatic rings. The summed E-state index contributed by atoms with van der Waals surface area (Å²) in [7, 11) is 0. The molecule has 0 saturated carbocycles. The van der Waals surface area contributed by atoms with Gasteiger partial charge in [0.05, 0.1) is 22.4 Å². The number of para-hydroxylation sites is 1. The number of rotatable bonds is 5. The fourth-order valence-electron chi connectivity index (χ4n) is 1.67. The Morgan fingerprint density at radius 3 is 2.78 bits per heavy atom. The van der Waals surface area contributed by atoms with E-state index in [-0.39, 0.29) is 18.1 Å². The van der Waals surface area contributed by atoms with E-state index in [0.29, 0.717) is 22.9 Å². The van der Waals surface area contributed by atoms with Gasteiger partial charge in [0.15, 0.2) is 0 Å². The summed E-state index contributed by atoms with van der Waals surface area (Å²) < 4.78 is 0. The Hall–Kier alpha value is -1.26. The number of hydrogen-bond donors (Lipinski definition) is 3. The standard InChI is InChI=1S/C13H19ClN2O2/c1-8(2)6-9(17)7-16-13(18)10-4-3-5-11(14)12(10)15/h3-5,8-9,17H,6-7,15H2,1-2H3,(H,16,18). The zero-order chi connectivity index (χ0) is 13.7. The van der Waals surface area contributed by atoms with Crippen molar-refractivity contribution in [3.63, 3.8) is 0 Å². The lowest BCUT2D eigenvalue weighted by molar-refractivity contribution is 0.0901. The smallest absolute Gasteiger partial charge is 0.253 e. The summed E-state index contributed by atoms with van der Waals surface area (Å²) in [4.78, 5) is 11.8. The summed E-state index contributed by atoms with van der Waals surface area (Å²) in [6.45, 7) is 4.24. The Kier molecular flexibility index (Phi) is 5.44. The second kappa shape index (κ2) is 6.61. The number of amides is 1. The van der Waals surface area contributed by atoms with Gasteiger partial charge < -0.3 is 16.2 Å².